The number of hydrogen-bond donors (Lipinski definition) is 2. The molecule has 0 unspecified atom stereocenters. The lowest BCUT2D eigenvalue weighted by Gasteiger charge is -2.36. The van der Waals surface area contributed by atoms with Crippen LogP contribution in [0.5, 0.6) is 0 Å². The maximum absolute atomic E-state index is 12.1. The number of anilines is 1. The molecule has 1 amide bonds. The van der Waals surface area contributed by atoms with Crippen molar-refractivity contribution in [3.63, 3.8) is 0 Å². The third-order valence-electron chi connectivity index (χ3n) is 4.60. The minimum atomic E-state index is -0.0786. The molecule has 0 spiro atoms. The highest BCUT2D eigenvalue weighted by Crippen LogP contribution is 2.09. The van der Waals surface area contributed by atoms with Crippen LogP contribution in [0.4, 0.5) is 5.69 Å². The Bertz CT molecular complexity index is 740. The fourth-order valence-corrected chi connectivity index (χ4v) is 3.18. The molecule has 2 aromatic rings. The minimum absolute atomic E-state index is 0.0786. The number of carbonyl (C=O) groups excluding carboxylic acids is 1. The van der Waals surface area contributed by atoms with Gasteiger partial charge in [-0.05, 0) is 17.7 Å². The number of benzene rings is 2. The molecule has 142 valence electrons. The Hall–Kier alpha value is -2.86. The number of piperazine rings is 1. The summed E-state index contributed by atoms with van der Waals surface area (Å²) in [6, 6.07) is 20.0. The number of amides is 1. The summed E-state index contributed by atoms with van der Waals surface area (Å²) in [4.78, 5) is 21.1. The van der Waals surface area contributed by atoms with Crippen LogP contribution >= 0.6 is 0 Å². The second-order valence-corrected chi connectivity index (χ2v) is 6.56. The van der Waals surface area contributed by atoms with Crippen molar-refractivity contribution in [3.8, 4) is 0 Å². The van der Waals surface area contributed by atoms with Gasteiger partial charge in [-0.1, -0.05) is 48.5 Å². The van der Waals surface area contributed by atoms with E-state index in [1.807, 2.05) is 36.4 Å². The minimum Gasteiger partial charge on any atom is -0.347 e. The van der Waals surface area contributed by atoms with Crippen molar-refractivity contribution >= 4 is 17.6 Å². The lowest BCUT2D eigenvalue weighted by atomic mass is 10.2. The summed E-state index contributed by atoms with van der Waals surface area (Å²) in [5, 5.41) is 6.04. The van der Waals surface area contributed by atoms with E-state index >= 15 is 0 Å². The van der Waals surface area contributed by atoms with Gasteiger partial charge < -0.3 is 15.5 Å². The van der Waals surface area contributed by atoms with Crippen LogP contribution in [0.1, 0.15) is 5.56 Å². The first-order chi connectivity index (χ1) is 13.2. The lowest BCUT2D eigenvalue weighted by molar-refractivity contribution is -0.115. The molecule has 1 fully saturated rings. The fourth-order valence-electron chi connectivity index (χ4n) is 3.18. The van der Waals surface area contributed by atoms with Crippen LogP contribution in [-0.4, -0.2) is 61.4 Å². The van der Waals surface area contributed by atoms with Gasteiger partial charge in [0, 0.05) is 45.5 Å². The second kappa shape index (κ2) is 9.73. The SMILES string of the molecule is CN=C(NCC(=O)Nc1ccccc1)N1CCN(Cc2ccccc2)CC1. The van der Waals surface area contributed by atoms with Gasteiger partial charge >= 0.3 is 0 Å². The zero-order valence-corrected chi connectivity index (χ0v) is 15.8. The van der Waals surface area contributed by atoms with Crippen molar-refractivity contribution in [1.29, 1.82) is 0 Å². The number of guanidine groups is 1. The molecule has 0 aliphatic carbocycles. The molecule has 3 rings (SSSR count). The fraction of sp³-hybridized carbons (Fsp3) is 0.333. The molecule has 2 N–H and O–H groups in total. The second-order valence-electron chi connectivity index (χ2n) is 6.56. The number of aliphatic imine (C=N–C) groups is 1. The highest BCUT2D eigenvalue weighted by atomic mass is 16.1. The Balaban J connectivity index is 1.43. The average molecular weight is 365 g/mol. The van der Waals surface area contributed by atoms with Crippen LogP contribution in [-0.2, 0) is 11.3 Å². The molecule has 0 bridgehead atoms. The number of para-hydroxylation sites is 1. The summed E-state index contributed by atoms with van der Waals surface area (Å²) in [7, 11) is 1.76. The Labute approximate surface area is 160 Å². The Morgan fingerprint density at radius 1 is 0.963 bits per heavy atom. The highest BCUT2D eigenvalue weighted by molar-refractivity contribution is 5.94. The third-order valence-corrected chi connectivity index (χ3v) is 4.60. The van der Waals surface area contributed by atoms with Crippen molar-refractivity contribution in [2.45, 2.75) is 6.54 Å². The quantitative estimate of drug-likeness (QED) is 0.629. The summed E-state index contributed by atoms with van der Waals surface area (Å²) < 4.78 is 0. The van der Waals surface area contributed by atoms with Crippen LogP contribution in [0.15, 0.2) is 65.7 Å². The van der Waals surface area contributed by atoms with Gasteiger partial charge in [-0.3, -0.25) is 14.7 Å². The molecule has 2 aromatic carbocycles. The molecule has 0 atom stereocenters. The van der Waals surface area contributed by atoms with Gasteiger partial charge in [0.25, 0.3) is 0 Å². The molecule has 1 aliphatic rings. The van der Waals surface area contributed by atoms with E-state index in [0.29, 0.717) is 0 Å². The molecule has 6 nitrogen and oxygen atoms in total. The van der Waals surface area contributed by atoms with Gasteiger partial charge in [-0.2, -0.15) is 0 Å². The molecule has 1 heterocycles. The van der Waals surface area contributed by atoms with Crippen molar-refractivity contribution in [2.75, 3.05) is 45.1 Å². The molecule has 6 heteroatoms. The maximum Gasteiger partial charge on any atom is 0.243 e. The topological polar surface area (TPSA) is 60.0 Å². The van der Waals surface area contributed by atoms with Crippen LogP contribution < -0.4 is 10.6 Å². The lowest BCUT2D eigenvalue weighted by Crippen LogP contribution is -2.53. The predicted molar refractivity (Wildman–Crippen MR) is 110 cm³/mol. The van der Waals surface area contributed by atoms with E-state index in [-0.39, 0.29) is 12.5 Å². The van der Waals surface area contributed by atoms with Crippen LogP contribution in [0.2, 0.25) is 0 Å². The predicted octanol–water partition coefficient (Wildman–Crippen LogP) is 2.02. The van der Waals surface area contributed by atoms with Gasteiger partial charge in [-0.25, -0.2) is 0 Å². The van der Waals surface area contributed by atoms with Crippen molar-refractivity contribution < 1.29 is 4.79 Å². The zero-order valence-electron chi connectivity index (χ0n) is 15.8. The van der Waals surface area contributed by atoms with Gasteiger partial charge in [0.15, 0.2) is 5.96 Å². The van der Waals surface area contributed by atoms with E-state index in [1.165, 1.54) is 5.56 Å². The van der Waals surface area contributed by atoms with Crippen molar-refractivity contribution in [1.82, 2.24) is 15.1 Å². The normalized spacial score (nSPS) is 15.4. The summed E-state index contributed by atoms with van der Waals surface area (Å²) >= 11 is 0. The first-order valence-electron chi connectivity index (χ1n) is 9.31. The summed E-state index contributed by atoms with van der Waals surface area (Å²) in [6.07, 6.45) is 0. The van der Waals surface area contributed by atoms with E-state index in [4.69, 9.17) is 0 Å². The largest absolute Gasteiger partial charge is 0.347 e. The highest BCUT2D eigenvalue weighted by Gasteiger charge is 2.20. The Morgan fingerprint density at radius 2 is 1.59 bits per heavy atom. The van der Waals surface area contributed by atoms with Gasteiger partial charge in [-0.15, -0.1) is 0 Å². The molecule has 1 saturated heterocycles. The molecular formula is C21H27N5O. The first-order valence-corrected chi connectivity index (χ1v) is 9.31. The van der Waals surface area contributed by atoms with Crippen LogP contribution in [0, 0.1) is 0 Å². The molecular weight excluding hydrogens is 338 g/mol. The van der Waals surface area contributed by atoms with E-state index in [9.17, 15) is 4.79 Å². The molecule has 1 aliphatic heterocycles. The smallest absolute Gasteiger partial charge is 0.243 e. The van der Waals surface area contributed by atoms with Gasteiger partial charge in [0.2, 0.25) is 5.91 Å². The third kappa shape index (κ3) is 5.82. The number of carbonyl (C=O) groups is 1. The zero-order chi connectivity index (χ0) is 18.9. The Kier molecular flexibility index (Phi) is 6.82. The van der Waals surface area contributed by atoms with Crippen LogP contribution in [0.25, 0.3) is 0 Å². The van der Waals surface area contributed by atoms with Crippen molar-refractivity contribution in [2.24, 2.45) is 4.99 Å². The summed E-state index contributed by atoms with van der Waals surface area (Å²) in [5.41, 5.74) is 2.14. The summed E-state index contributed by atoms with van der Waals surface area (Å²) in [5.74, 6) is 0.697. The summed E-state index contributed by atoms with van der Waals surface area (Å²) in [6.45, 7) is 4.92. The molecule has 0 saturated carbocycles. The first kappa shape index (κ1) is 18.9. The maximum atomic E-state index is 12.1. The number of nitrogens with zero attached hydrogens (tertiary/aromatic N) is 3. The average Bonchev–Trinajstić information content (AvgIpc) is 2.71. The molecule has 27 heavy (non-hydrogen) atoms. The van der Waals surface area contributed by atoms with E-state index in [1.54, 1.807) is 7.05 Å². The number of hydrogen-bond acceptors (Lipinski definition) is 3. The number of rotatable bonds is 5. The van der Waals surface area contributed by atoms with Crippen LogP contribution in [0.3, 0.4) is 0 Å². The molecule has 0 radical (unpaired) electrons. The monoisotopic (exact) mass is 365 g/mol. The van der Waals surface area contributed by atoms with E-state index in [0.717, 1.165) is 44.4 Å². The van der Waals surface area contributed by atoms with E-state index < -0.39 is 0 Å². The van der Waals surface area contributed by atoms with Gasteiger partial charge in [0.05, 0.1) is 6.54 Å². The molecule has 0 aromatic heterocycles. The van der Waals surface area contributed by atoms with Crippen molar-refractivity contribution in [3.05, 3.63) is 66.2 Å². The van der Waals surface area contributed by atoms with Gasteiger partial charge in [0.1, 0.15) is 0 Å². The standard InChI is InChI=1S/C21H27N5O/c1-22-21(23-16-20(27)24-19-10-6-3-7-11-19)26-14-12-25(13-15-26)17-18-8-4-2-5-9-18/h2-11H,12-17H2,1H3,(H,22,23)(H,24,27). The van der Waals surface area contributed by atoms with E-state index in [2.05, 4.69) is 49.7 Å². The number of nitrogens with one attached hydrogen (secondary N) is 2. The Morgan fingerprint density at radius 3 is 2.22 bits per heavy atom.